The molecule has 0 radical (unpaired) electrons. The summed E-state index contributed by atoms with van der Waals surface area (Å²) in [6, 6.07) is 9.19. The molecule has 1 aromatic heterocycles. The van der Waals surface area contributed by atoms with E-state index in [9.17, 15) is 4.79 Å². The minimum absolute atomic E-state index is 0.000336. The summed E-state index contributed by atoms with van der Waals surface area (Å²) in [7, 11) is 0. The van der Waals surface area contributed by atoms with Crippen LogP contribution in [0.5, 0.6) is 5.75 Å². The standard InChI is InChI=1S/C19H21ClN4O2/c20-15-4-6-16(7-5-15)26-13-19(25)24-10-8-23(9-11-24)18-12-14-2-1-3-17(14)21-22-18/h4-7,12H,1-3,8-11,13H2. The molecule has 0 N–H and O–H groups in total. The number of hydrogen-bond donors (Lipinski definition) is 0. The van der Waals surface area contributed by atoms with Gasteiger partial charge in [-0.1, -0.05) is 11.6 Å². The number of aryl methyl sites for hydroxylation is 2. The molecule has 4 rings (SSSR count). The van der Waals surface area contributed by atoms with E-state index in [4.69, 9.17) is 16.3 Å². The molecule has 1 saturated heterocycles. The third kappa shape index (κ3) is 3.75. The third-order valence-corrected chi connectivity index (χ3v) is 5.19. The molecule has 1 aliphatic carbocycles. The molecule has 1 aliphatic heterocycles. The van der Waals surface area contributed by atoms with Gasteiger partial charge in [-0.3, -0.25) is 4.79 Å². The highest BCUT2D eigenvalue weighted by molar-refractivity contribution is 6.30. The number of piperazine rings is 1. The van der Waals surface area contributed by atoms with Crippen molar-refractivity contribution in [1.29, 1.82) is 0 Å². The summed E-state index contributed by atoms with van der Waals surface area (Å²) >= 11 is 5.85. The van der Waals surface area contributed by atoms with Crippen molar-refractivity contribution in [3.05, 3.63) is 46.6 Å². The number of halogens is 1. The highest BCUT2D eigenvalue weighted by atomic mass is 35.5. The Balaban J connectivity index is 1.29. The second kappa shape index (κ2) is 7.50. The first-order valence-corrected chi connectivity index (χ1v) is 9.33. The Labute approximate surface area is 157 Å². The minimum Gasteiger partial charge on any atom is -0.484 e. The van der Waals surface area contributed by atoms with Crippen LogP contribution >= 0.6 is 11.6 Å². The van der Waals surface area contributed by atoms with Crippen molar-refractivity contribution in [2.75, 3.05) is 37.7 Å². The molecule has 0 spiro atoms. The highest BCUT2D eigenvalue weighted by Gasteiger charge is 2.23. The summed E-state index contributed by atoms with van der Waals surface area (Å²) < 4.78 is 5.55. The van der Waals surface area contributed by atoms with Crippen LogP contribution in [-0.2, 0) is 17.6 Å². The van der Waals surface area contributed by atoms with Crippen LogP contribution in [0.3, 0.4) is 0 Å². The molecule has 7 heteroatoms. The largest absolute Gasteiger partial charge is 0.484 e. The number of amides is 1. The first-order chi connectivity index (χ1) is 12.7. The lowest BCUT2D eigenvalue weighted by Crippen LogP contribution is -2.50. The van der Waals surface area contributed by atoms with Crippen LogP contribution in [-0.4, -0.2) is 53.8 Å². The van der Waals surface area contributed by atoms with Crippen molar-refractivity contribution < 1.29 is 9.53 Å². The fourth-order valence-corrected chi connectivity index (χ4v) is 3.55. The smallest absolute Gasteiger partial charge is 0.260 e. The lowest BCUT2D eigenvalue weighted by molar-refractivity contribution is -0.133. The average molecular weight is 373 g/mol. The molecule has 0 bridgehead atoms. The topological polar surface area (TPSA) is 58.6 Å². The fraction of sp³-hybridized carbons (Fsp3) is 0.421. The molecular weight excluding hydrogens is 352 g/mol. The van der Waals surface area contributed by atoms with Crippen LogP contribution in [0.4, 0.5) is 5.82 Å². The number of carbonyl (C=O) groups excluding carboxylic acids is 1. The Kier molecular flexibility index (Phi) is 4.93. The zero-order valence-corrected chi connectivity index (χ0v) is 15.3. The Morgan fingerprint density at radius 2 is 1.85 bits per heavy atom. The molecule has 0 saturated carbocycles. The summed E-state index contributed by atoms with van der Waals surface area (Å²) in [5, 5.41) is 9.37. The van der Waals surface area contributed by atoms with Crippen LogP contribution in [0.2, 0.25) is 5.02 Å². The number of aromatic nitrogens is 2. The van der Waals surface area contributed by atoms with Crippen molar-refractivity contribution in [2.24, 2.45) is 0 Å². The van der Waals surface area contributed by atoms with Crippen LogP contribution in [0.25, 0.3) is 0 Å². The number of nitrogens with zero attached hydrogens (tertiary/aromatic N) is 4. The van der Waals surface area contributed by atoms with Gasteiger partial charge in [0.1, 0.15) is 5.75 Å². The monoisotopic (exact) mass is 372 g/mol. The van der Waals surface area contributed by atoms with Gasteiger partial charge in [0, 0.05) is 31.2 Å². The molecule has 0 unspecified atom stereocenters. The maximum Gasteiger partial charge on any atom is 0.260 e. The van der Waals surface area contributed by atoms with E-state index in [-0.39, 0.29) is 12.5 Å². The van der Waals surface area contributed by atoms with Gasteiger partial charge in [-0.15, -0.1) is 5.10 Å². The summed E-state index contributed by atoms with van der Waals surface area (Å²) in [5.41, 5.74) is 2.46. The van der Waals surface area contributed by atoms with Gasteiger partial charge in [0.25, 0.3) is 5.91 Å². The number of benzene rings is 1. The van der Waals surface area contributed by atoms with E-state index in [1.807, 2.05) is 4.90 Å². The predicted molar refractivity (Wildman–Crippen MR) is 99.8 cm³/mol. The Morgan fingerprint density at radius 1 is 1.08 bits per heavy atom. The van der Waals surface area contributed by atoms with Gasteiger partial charge >= 0.3 is 0 Å². The number of anilines is 1. The van der Waals surface area contributed by atoms with E-state index in [1.165, 1.54) is 12.0 Å². The number of rotatable bonds is 4. The first-order valence-electron chi connectivity index (χ1n) is 8.95. The van der Waals surface area contributed by atoms with Gasteiger partial charge in [-0.2, -0.15) is 5.10 Å². The number of fused-ring (bicyclic) bond motifs is 1. The molecule has 2 heterocycles. The summed E-state index contributed by atoms with van der Waals surface area (Å²) in [5.74, 6) is 1.57. The molecule has 1 aromatic carbocycles. The second-order valence-corrected chi connectivity index (χ2v) is 7.07. The van der Waals surface area contributed by atoms with Gasteiger partial charge in [0.05, 0.1) is 5.69 Å². The van der Waals surface area contributed by atoms with Gasteiger partial charge in [-0.05, 0) is 55.2 Å². The van der Waals surface area contributed by atoms with E-state index in [2.05, 4.69) is 21.2 Å². The van der Waals surface area contributed by atoms with Crippen LogP contribution in [0.1, 0.15) is 17.7 Å². The number of ether oxygens (including phenoxy) is 1. The van der Waals surface area contributed by atoms with E-state index in [1.54, 1.807) is 24.3 Å². The Bertz CT molecular complexity index is 789. The normalized spacial score (nSPS) is 16.5. The molecule has 2 aliphatic rings. The molecule has 136 valence electrons. The summed E-state index contributed by atoms with van der Waals surface area (Å²) in [4.78, 5) is 16.4. The summed E-state index contributed by atoms with van der Waals surface area (Å²) in [6.07, 6.45) is 3.31. The van der Waals surface area contributed by atoms with E-state index >= 15 is 0 Å². The zero-order chi connectivity index (χ0) is 17.9. The van der Waals surface area contributed by atoms with Gasteiger partial charge in [-0.25, -0.2) is 0 Å². The molecule has 1 fully saturated rings. The van der Waals surface area contributed by atoms with Gasteiger partial charge in [0.2, 0.25) is 0 Å². The minimum atomic E-state index is -0.000336. The van der Waals surface area contributed by atoms with Crippen LogP contribution in [0.15, 0.2) is 30.3 Å². The fourth-order valence-electron chi connectivity index (χ4n) is 3.42. The van der Waals surface area contributed by atoms with Crippen LogP contribution < -0.4 is 9.64 Å². The summed E-state index contributed by atoms with van der Waals surface area (Å²) in [6.45, 7) is 2.91. The first kappa shape index (κ1) is 17.1. The molecule has 2 aromatic rings. The predicted octanol–water partition coefficient (Wildman–Crippen LogP) is 2.35. The van der Waals surface area contributed by atoms with Crippen molar-refractivity contribution in [1.82, 2.24) is 15.1 Å². The maximum absolute atomic E-state index is 12.4. The molecule has 0 atom stereocenters. The lowest BCUT2D eigenvalue weighted by atomic mass is 10.2. The number of carbonyl (C=O) groups is 1. The highest BCUT2D eigenvalue weighted by Crippen LogP contribution is 2.23. The van der Waals surface area contributed by atoms with Crippen molar-refractivity contribution in [3.8, 4) is 5.75 Å². The molecular formula is C19H21ClN4O2. The molecule has 1 amide bonds. The van der Waals surface area contributed by atoms with E-state index in [0.717, 1.165) is 37.4 Å². The van der Waals surface area contributed by atoms with Gasteiger partial charge in [0.15, 0.2) is 12.4 Å². The molecule has 6 nitrogen and oxygen atoms in total. The Hall–Kier alpha value is -2.34. The van der Waals surface area contributed by atoms with E-state index < -0.39 is 0 Å². The zero-order valence-electron chi connectivity index (χ0n) is 14.5. The van der Waals surface area contributed by atoms with Crippen molar-refractivity contribution in [2.45, 2.75) is 19.3 Å². The lowest BCUT2D eigenvalue weighted by Gasteiger charge is -2.35. The van der Waals surface area contributed by atoms with Crippen molar-refractivity contribution in [3.63, 3.8) is 0 Å². The van der Waals surface area contributed by atoms with Crippen molar-refractivity contribution >= 4 is 23.3 Å². The molecule has 26 heavy (non-hydrogen) atoms. The third-order valence-electron chi connectivity index (χ3n) is 4.94. The maximum atomic E-state index is 12.4. The van der Waals surface area contributed by atoms with Crippen LogP contribution in [0, 0.1) is 0 Å². The quantitative estimate of drug-likeness (QED) is 0.824. The SMILES string of the molecule is O=C(COc1ccc(Cl)cc1)N1CCN(c2cc3c(nn2)CCC3)CC1. The average Bonchev–Trinajstić information content (AvgIpc) is 3.15. The van der Waals surface area contributed by atoms with E-state index in [0.29, 0.717) is 23.9 Å². The number of hydrogen-bond acceptors (Lipinski definition) is 5. The Morgan fingerprint density at radius 3 is 2.62 bits per heavy atom. The second-order valence-electron chi connectivity index (χ2n) is 6.64. The van der Waals surface area contributed by atoms with Gasteiger partial charge < -0.3 is 14.5 Å².